The molecule has 1 aromatic carbocycles. The van der Waals surface area contributed by atoms with Gasteiger partial charge in [-0.3, -0.25) is 4.79 Å². The third-order valence-electron chi connectivity index (χ3n) is 4.07. The SMILES string of the molecule is CC1(C)CN(C(=O)c2cn[nH]n2)CC1c1ccccc1. The molecule has 0 bridgehead atoms. The van der Waals surface area contributed by atoms with Crippen LogP contribution in [0, 0.1) is 5.41 Å². The van der Waals surface area contributed by atoms with Gasteiger partial charge in [0.05, 0.1) is 6.20 Å². The summed E-state index contributed by atoms with van der Waals surface area (Å²) in [6.45, 7) is 5.88. The lowest BCUT2D eigenvalue weighted by Crippen LogP contribution is -2.30. The van der Waals surface area contributed by atoms with Crippen molar-refractivity contribution in [2.24, 2.45) is 5.41 Å². The summed E-state index contributed by atoms with van der Waals surface area (Å²) in [5, 5.41) is 10.1. The fourth-order valence-corrected chi connectivity index (χ4v) is 3.00. The Hall–Kier alpha value is -2.17. The van der Waals surface area contributed by atoms with E-state index in [0.717, 1.165) is 13.1 Å². The number of hydrogen-bond donors (Lipinski definition) is 1. The smallest absolute Gasteiger partial charge is 0.276 e. The molecule has 2 heterocycles. The van der Waals surface area contributed by atoms with E-state index in [1.807, 2.05) is 23.1 Å². The molecule has 1 aliphatic rings. The standard InChI is InChI=1S/C15H18N4O/c1-15(2)10-19(14(20)13-8-16-18-17-13)9-12(15)11-6-4-3-5-7-11/h3-8,12H,9-10H2,1-2H3,(H,16,17,18). The summed E-state index contributed by atoms with van der Waals surface area (Å²) in [5.74, 6) is 0.296. The highest BCUT2D eigenvalue weighted by molar-refractivity contribution is 5.92. The normalized spacial score (nSPS) is 21.1. The minimum Gasteiger partial charge on any atom is -0.336 e. The Morgan fingerprint density at radius 2 is 2.10 bits per heavy atom. The zero-order valence-corrected chi connectivity index (χ0v) is 11.7. The van der Waals surface area contributed by atoms with Gasteiger partial charge in [0.1, 0.15) is 0 Å². The maximum atomic E-state index is 12.4. The van der Waals surface area contributed by atoms with E-state index in [-0.39, 0.29) is 11.3 Å². The number of aromatic nitrogens is 3. The van der Waals surface area contributed by atoms with Crippen LogP contribution in [0.4, 0.5) is 0 Å². The van der Waals surface area contributed by atoms with E-state index < -0.39 is 0 Å². The molecular formula is C15H18N4O. The Morgan fingerprint density at radius 3 is 2.75 bits per heavy atom. The molecule has 1 atom stereocenters. The molecule has 1 aliphatic heterocycles. The average Bonchev–Trinajstić information content (AvgIpc) is 3.06. The summed E-state index contributed by atoms with van der Waals surface area (Å²) in [6, 6.07) is 10.4. The van der Waals surface area contributed by atoms with Crippen molar-refractivity contribution in [2.75, 3.05) is 13.1 Å². The van der Waals surface area contributed by atoms with E-state index in [2.05, 4.69) is 41.4 Å². The molecule has 0 radical (unpaired) electrons. The molecule has 104 valence electrons. The number of nitrogens with zero attached hydrogens (tertiary/aromatic N) is 3. The molecule has 1 N–H and O–H groups in total. The topological polar surface area (TPSA) is 61.9 Å². The predicted molar refractivity (Wildman–Crippen MR) is 75.3 cm³/mol. The Morgan fingerprint density at radius 1 is 1.35 bits per heavy atom. The van der Waals surface area contributed by atoms with Crippen LogP contribution in [0.15, 0.2) is 36.5 Å². The number of likely N-dealkylation sites (tertiary alicyclic amines) is 1. The Labute approximate surface area is 118 Å². The van der Waals surface area contributed by atoms with Gasteiger partial charge in [-0.2, -0.15) is 15.4 Å². The van der Waals surface area contributed by atoms with Gasteiger partial charge in [-0.1, -0.05) is 44.2 Å². The molecule has 20 heavy (non-hydrogen) atoms. The maximum Gasteiger partial charge on any atom is 0.276 e. The van der Waals surface area contributed by atoms with Crippen LogP contribution < -0.4 is 0 Å². The third kappa shape index (κ3) is 2.19. The number of amides is 1. The van der Waals surface area contributed by atoms with Gasteiger partial charge in [0.15, 0.2) is 5.69 Å². The highest BCUT2D eigenvalue weighted by Crippen LogP contribution is 2.42. The van der Waals surface area contributed by atoms with Gasteiger partial charge in [-0.25, -0.2) is 0 Å². The van der Waals surface area contributed by atoms with Crippen LogP contribution in [0.1, 0.15) is 35.8 Å². The Balaban J connectivity index is 1.84. The summed E-state index contributed by atoms with van der Waals surface area (Å²) in [7, 11) is 0. The number of benzene rings is 1. The first-order valence-electron chi connectivity index (χ1n) is 6.78. The summed E-state index contributed by atoms with van der Waals surface area (Å²) in [4.78, 5) is 14.2. The molecule has 0 saturated carbocycles. The molecule has 1 saturated heterocycles. The van der Waals surface area contributed by atoms with E-state index in [9.17, 15) is 4.79 Å². The van der Waals surface area contributed by atoms with Crippen molar-refractivity contribution in [1.29, 1.82) is 0 Å². The van der Waals surface area contributed by atoms with Crippen LogP contribution in [0.3, 0.4) is 0 Å². The number of carbonyl (C=O) groups excluding carboxylic acids is 1. The lowest BCUT2D eigenvalue weighted by atomic mass is 9.78. The largest absolute Gasteiger partial charge is 0.336 e. The van der Waals surface area contributed by atoms with E-state index in [4.69, 9.17) is 0 Å². The van der Waals surface area contributed by atoms with E-state index in [1.165, 1.54) is 11.8 Å². The third-order valence-corrected chi connectivity index (χ3v) is 4.07. The number of carbonyl (C=O) groups is 1. The van der Waals surface area contributed by atoms with Gasteiger partial charge < -0.3 is 4.90 Å². The molecule has 0 aliphatic carbocycles. The molecule has 2 aromatic rings. The first-order valence-corrected chi connectivity index (χ1v) is 6.78. The second-order valence-corrected chi connectivity index (χ2v) is 5.99. The van der Waals surface area contributed by atoms with Crippen LogP contribution in [-0.4, -0.2) is 39.3 Å². The van der Waals surface area contributed by atoms with Crippen molar-refractivity contribution in [3.63, 3.8) is 0 Å². The fourth-order valence-electron chi connectivity index (χ4n) is 3.00. The van der Waals surface area contributed by atoms with E-state index >= 15 is 0 Å². The summed E-state index contributed by atoms with van der Waals surface area (Å²) in [6.07, 6.45) is 1.48. The highest BCUT2D eigenvalue weighted by atomic mass is 16.2. The van der Waals surface area contributed by atoms with Crippen molar-refractivity contribution in [3.05, 3.63) is 47.8 Å². The zero-order valence-electron chi connectivity index (χ0n) is 11.7. The van der Waals surface area contributed by atoms with Gasteiger partial charge in [0.2, 0.25) is 0 Å². The molecule has 3 rings (SSSR count). The highest BCUT2D eigenvalue weighted by Gasteiger charge is 2.42. The number of nitrogens with one attached hydrogen (secondary N) is 1. The lowest BCUT2D eigenvalue weighted by molar-refractivity contribution is 0.0772. The molecule has 1 aromatic heterocycles. The molecular weight excluding hydrogens is 252 g/mol. The monoisotopic (exact) mass is 270 g/mol. The minimum atomic E-state index is -0.0507. The molecule has 1 fully saturated rings. The first kappa shape index (κ1) is 12.8. The van der Waals surface area contributed by atoms with Crippen molar-refractivity contribution < 1.29 is 4.79 Å². The first-order chi connectivity index (χ1) is 9.58. The van der Waals surface area contributed by atoms with Crippen molar-refractivity contribution in [1.82, 2.24) is 20.3 Å². The molecule has 5 heteroatoms. The van der Waals surface area contributed by atoms with E-state index in [1.54, 1.807) is 0 Å². The molecule has 5 nitrogen and oxygen atoms in total. The van der Waals surface area contributed by atoms with Gasteiger partial charge in [-0.15, -0.1) is 0 Å². The maximum absolute atomic E-state index is 12.4. The van der Waals surface area contributed by atoms with Crippen LogP contribution in [0.25, 0.3) is 0 Å². The van der Waals surface area contributed by atoms with Gasteiger partial charge in [0.25, 0.3) is 5.91 Å². The fraction of sp³-hybridized carbons (Fsp3) is 0.400. The van der Waals surface area contributed by atoms with Crippen molar-refractivity contribution in [3.8, 4) is 0 Å². The number of hydrogen-bond acceptors (Lipinski definition) is 3. The average molecular weight is 270 g/mol. The zero-order chi connectivity index (χ0) is 14.2. The number of H-pyrrole nitrogens is 1. The molecule has 0 spiro atoms. The van der Waals surface area contributed by atoms with Crippen LogP contribution >= 0.6 is 0 Å². The van der Waals surface area contributed by atoms with E-state index in [0.29, 0.717) is 11.6 Å². The minimum absolute atomic E-state index is 0.0507. The van der Waals surface area contributed by atoms with Crippen molar-refractivity contribution >= 4 is 5.91 Å². The summed E-state index contributed by atoms with van der Waals surface area (Å²) in [5.41, 5.74) is 1.73. The second-order valence-electron chi connectivity index (χ2n) is 5.99. The summed E-state index contributed by atoms with van der Waals surface area (Å²) >= 11 is 0. The number of rotatable bonds is 2. The van der Waals surface area contributed by atoms with Crippen LogP contribution in [0.5, 0.6) is 0 Å². The molecule has 1 unspecified atom stereocenters. The van der Waals surface area contributed by atoms with Crippen LogP contribution in [-0.2, 0) is 0 Å². The predicted octanol–water partition coefficient (Wildman–Crippen LogP) is 2.07. The Bertz CT molecular complexity index is 592. The second kappa shape index (κ2) is 4.74. The Kier molecular flexibility index (Phi) is 3.04. The lowest BCUT2D eigenvalue weighted by Gasteiger charge is -2.25. The summed E-state index contributed by atoms with van der Waals surface area (Å²) < 4.78 is 0. The van der Waals surface area contributed by atoms with Gasteiger partial charge >= 0.3 is 0 Å². The molecule has 1 amide bonds. The van der Waals surface area contributed by atoms with Crippen LogP contribution in [0.2, 0.25) is 0 Å². The van der Waals surface area contributed by atoms with Crippen molar-refractivity contribution in [2.45, 2.75) is 19.8 Å². The quantitative estimate of drug-likeness (QED) is 0.908. The van der Waals surface area contributed by atoms with Gasteiger partial charge in [-0.05, 0) is 11.0 Å². The number of aromatic amines is 1. The van der Waals surface area contributed by atoms with Gasteiger partial charge in [0, 0.05) is 19.0 Å².